The van der Waals surface area contributed by atoms with Gasteiger partial charge in [-0.15, -0.1) is 0 Å². The SMILES string of the molecule is O=C1CC[C@H](N2Cc3cc(O[C@H]4CCN(Cc5cc(Cl)c6nc(N7CCOCC7)ncc6c5)C4)ccc3C2=O)C(=O)N1. The molecule has 4 aliphatic heterocycles. The second-order valence-corrected chi connectivity index (χ2v) is 11.7. The number of likely N-dealkylation sites (tertiary alicyclic amines) is 1. The summed E-state index contributed by atoms with van der Waals surface area (Å²) >= 11 is 6.68. The van der Waals surface area contributed by atoms with Crippen molar-refractivity contribution < 1.29 is 23.9 Å². The van der Waals surface area contributed by atoms with E-state index in [9.17, 15) is 14.4 Å². The smallest absolute Gasteiger partial charge is 0.255 e. The van der Waals surface area contributed by atoms with Crippen LogP contribution >= 0.6 is 11.6 Å². The van der Waals surface area contributed by atoms with Gasteiger partial charge in [0.15, 0.2) is 0 Å². The highest BCUT2D eigenvalue weighted by atomic mass is 35.5. The molecule has 218 valence electrons. The molecule has 3 fully saturated rings. The minimum Gasteiger partial charge on any atom is -0.489 e. The van der Waals surface area contributed by atoms with Gasteiger partial charge in [-0.1, -0.05) is 11.6 Å². The fourth-order valence-electron chi connectivity index (χ4n) is 6.27. The molecule has 3 amide bonds. The third-order valence-corrected chi connectivity index (χ3v) is 8.70. The molecule has 4 aliphatic rings. The average Bonchev–Trinajstić information content (AvgIpc) is 3.56. The molecule has 1 N–H and O–H groups in total. The summed E-state index contributed by atoms with van der Waals surface area (Å²) in [6.07, 6.45) is 3.32. The minimum absolute atomic E-state index is 0.0155. The Morgan fingerprint density at radius 3 is 2.76 bits per heavy atom. The minimum atomic E-state index is -0.627. The summed E-state index contributed by atoms with van der Waals surface area (Å²) in [4.78, 5) is 52.2. The van der Waals surface area contributed by atoms with Crippen molar-refractivity contribution in [2.75, 3.05) is 44.3 Å². The predicted molar refractivity (Wildman–Crippen MR) is 154 cm³/mol. The lowest BCUT2D eigenvalue weighted by Crippen LogP contribution is -2.52. The highest BCUT2D eigenvalue weighted by Gasteiger charge is 2.39. The molecule has 11 nitrogen and oxygen atoms in total. The number of piperidine rings is 1. The number of nitrogens with one attached hydrogen (secondary N) is 1. The van der Waals surface area contributed by atoms with Crippen LogP contribution in [0.5, 0.6) is 5.75 Å². The van der Waals surface area contributed by atoms with E-state index in [1.807, 2.05) is 24.4 Å². The summed E-state index contributed by atoms with van der Waals surface area (Å²) in [5, 5.41) is 3.87. The fraction of sp³-hybridized carbons (Fsp3) is 0.433. The van der Waals surface area contributed by atoms with Crippen LogP contribution in [0.1, 0.15) is 40.7 Å². The third kappa shape index (κ3) is 5.28. The van der Waals surface area contributed by atoms with Gasteiger partial charge in [-0.2, -0.15) is 0 Å². The van der Waals surface area contributed by atoms with Crippen molar-refractivity contribution in [2.24, 2.45) is 0 Å². The molecule has 2 aromatic carbocycles. The largest absolute Gasteiger partial charge is 0.489 e. The highest BCUT2D eigenvalue weighted by molar-refractivity contribution is 6.35. The summed E-state index contributed by atoms with van der Waals surface area (Å²) < 4.78 is 11.8. The fourth-order valence-corrected chi connectivity index (χ4v) is 6.56. The number of rotatable bonds is 6. The van der Waals surface area contributed by atoms with Crippen molar-refractivity contribution in [2.45, 2.75) is 44.5 Å². The number of carbonyl (C=O) groups excluding carboxylic acids is 3. The molecule has 0 unspecified atom stereocenters. The average molecular weight is 591 g/mol. The van der Waals surface area contributed by atoms with Gasteiger partial charge in [0, 0.05) is 62.8 Å². The number of carbonyl (C=O) groups is 3. The van der Waals surface area contributed by atoms with Crippen molar-refractivity contribution in [3.63, 3.8) is 0 Å². The van der Waals surface area contributed by atoms with Crippen molar-refractivity contribution >= 4 is 46.2 Å². The van der Waals surface area contributed by atoms with Gasteiger partial charge in [0.2, 0.25) is 17.8 Å². The Morgan fingerprint density at radius 1 is 1.07 bits per heavy atom. The lowest BCUT2D eigenvalue weighted by atomic mass is 10.0. The molecule has 0 bridgehead atoms. The molecule has 3 saturated heterocycles. The molecule has 1 aromatic heterocycles. The molecular formula is C30H31ClN6O5. The quantitative estimate of drug-likeness (QED) is 0.432. The summed E-state index contributed by atoms with van der Waals surface area (Å²) in [6.45, 7) is 5.59. The van der Waals surface area contributed by atoms with E-state index in [1.165, 1.54) is 0 Å². The number of hydrogen-bond acceptors (Lipinski definition) is 9. The molecule has 0 saturated carbocycles. The van der Waals surface area contributed by atoms with Crippen LogP contribution in [0.4, 0.5) is 5.95 Å². The molecule has 5 heterocycles. The first kappa shape index (κ1) is 27.1. The van der Waals surface area contributed by atoms with Gasteiger partial charge in [-0.25, -0.2) is 9.97 Å². The molecule has 42 heavy (non-hydrogen) atoms. The monoisotopic (exact) mass is 590 g/mol. The van der Waals surface area contributed by atoms with Crippen LogP contribution in [0.25, 0.3) is 10.9 Å². The van der Waals surface area contributed by atoms with Gasteiger partial charge in [0.1, 0.15) is 17.9 Å². The van der Waals surface area contributed by atoms with Crippen molar-refractivity contribution in [1.29, 1.82) is 0 Å². The number of fused-ring (bicyclic) bond motifs is 2. The summed E-state index contributed by atoms with van der Waals surface area (Å²) in [5.74, 6) is 0.500. The van der Waals surface area contributed by atoms with E-state index in [0.29, 0.717) is 48.5 Å². The van der Waals surface area contributed by atoms with E-state index in [0.717, 1.165) is 61.2 Å². The molecule has 7 rings (SSSR count). The number of amides is 3. The van der Waals surface area contributed by atoms with Crippen LogP contribution < -0.4 is 15.0 Å². The predicted octanol–water partition coefficient (Wildman–Crippen LogP) is 2.53. The number of ether oxygens (including phenoxy) is 2. The normalized spacial score (nSPS) is 23.0. The molecule has 2 atom stereocenters. The zero-order chi connectivity index (χ0) is 28.8. The van der Waals surface area contributed by atoms with E-state index < -0.39 is 11.9 Å². The van der Waals surface area contributed by atoms with Crippen molar-refractivity contribution in [3.05, 3.63) is 58.2 Å². The first-order valence-corrected chi connectivity index (χ1v) is 14.7. The second-order valence-electron chi connectivity index (χ2n) is 11.3. The second kappa shape index (κ2) is 11.1. The Bertz CT molecular complexity index is 1580. The van der Waals surface area contributed by atoms with Crippen LogP contribution in [0.3, 0.4) is 0 Å². The van der Waals surface area contributed by atoms with Crippen LogP contribution in [0.2, 0.25) is 5.02 Å². The molecule has 0 spiro atoms. The first-order chi connectivity index (χ1) is 20.4. The highest BCUT2D eigenvalue weighted by Crippen LogP contribution is 2.32. The lowest BCUT2D eigenvalue weighted by Gasteiger charge is -2.29. The third-order valence-electron chi connectivity index (χ3n) is 8.41. The van der Waals surface area contributed by atoms with Crippen molar-refractivity contribution in [1.82, 2.24) is 25.1 Å². The van der Waals surface area contributed by atoms with E-state index in [4.69, 9.17) is 26.1 Å². The Morgan fingerprint density at radius 2 is 1.93 bits per heavy atom. The number of aromatic nitrogens is 2. The lowest BCUT2D eigenvalue weighted by molar-refractivity contribution is -0.136. The Balaban J connectivity index is 0.977. The number of morpholine rings is 1. The van der Waals surface area contributed by atoms with Gasteiger partial charge in [0.25, 0.3) is 5.91 Å². The molecule has 3 aromatic rings. The molecule has 12 heteroatoms. The van der Waals surface area contributed by atoms with Crippen LogP contribution in [-0.2, 0) is 27.4 Å². The Labute approximate surface area is 247 Å². The topological polar surface area (TPSA) is 117 Å². The summed E-state index contributed by atoms with van der Waals surface area (Å²) in [7, 11) is 0. The van der Waals surface area contributed by atoms with Crippen LogP contribution in [0, 0.1) is 0 Å². The van der Waals surface area contributed by atoms with Gasteiger partial charge in [-0.05, 0) is 54.3 Å². The zero-order valence-corrected chi connectivity index (χ0v) is 23.8. The Hall–Kier alpha value is -3.80. The maximum absolute atomic E-state index is 13.0. The number of benzene rings is 2. The zero-order valence-electron chi connectivity index (χ0n) is 23.1. The van der Waals surface area contributed by atoms with E-state index in [2.05, 4.69) is 26.2 Å². The summed E-state index contributed by atoms with van der Waals surface area (Å²) in [6, 6.07) is 8.95. The van der Waals surface area contributed by atoms with E-state index in [1.54, 1.807) is 11.0 Å². The van der Waals surface area contributed by atoms with Gasteiger partial charge in [0.05, 0.1) is 23.8 Å². The van der Waals surface area contributed by atoms with Crippen molar-refractivity contribution in [3.8, 4) is 5.75 Å². The van der Waals surface area contributed by atoms with Gasteiger partial charge in [-0.3, -0.25) is 24.6 Å². The van der Waals surface area contributed by atoms with E-state index in [-0.39, 0.29) is 24.3 Å². The van der Waals surface area contributed by atoms with Gasteiger partial charge < -0.3 is 19.3 Å². The number of hydrogen-bond donors (Lipinski definition) is 1. The number of anilines is 1. The first-order valence-electron chi connectivity index (χ1n) is 14.4. The molecular weight excluding hydrogens is 560 g/mol. The van der Waals surface area contributed by atoms with Crippen LogP contribution in [-0.4, -0.2) is 89.0 Å². The van der Waals surface area contributed by atoms with E-state index >= 15 is 0 Å². The number of nitrogens with zero attached hydrogens (tertiary/aromatic N) is 5. The maximum Gasteiger partial charge on any atom is 0.255 e. The molecule has 0 aliphatic carbocycles. The molecule has 0 radical (unpaired) electrons. The van der Waals surface area contributed by atoms with Crippen LogP contribution in [0.15, 0.2) is 36.5 Å². The van der Waals surface area contributed by atoms with Gasteiger partial charge >= 0.3 is 0 Å². The Kier molecular flexibility index (Phi) is 7.17. The number of imide groups is 1. The number of halogens is 1. The standard InChI is InChI=1S/C30H31ClN6O5/c31-24-12-18(11-19-14-32-30(34-27(19)24)36-7-9-41-10-8-36)15-35-6-5-22(17-35)42-21-1-2-23-20(13-21)16-37(29(23)40)25-3-4-26(38)33-28(25)39/h1-2,11-14,22,25H,3-10,15-17H2,(H,33,38,39)/t22-,25-/m0/s1. The maximum atomic E-state index is 13.0. The summed E-state index contributed by atoms with van der Waals surface area (Å²) in [5.41, 5.74) is 3.27.